The van der Waals surface area contributed by atoms with Crippen molar-refractivity contribution in [3.8, 4) is 0 Å². The summed E-state index contributed by atoms with van der Waals surface area (Å²) in [5.41, 5.74) is 1.50. The summed E-state index contributed by atoms with van der Waals surface area (Å²) in [4.78, 5) is 55.0. The Morgan fingerprint density at radius 3 is 2.58 bits per heavy atom. The van der Waals surface area contributed by atoms with Gasteiger partial charge in [0, 0.05) is 29.4 Å². The molecular weight excluding hydrogens is 424 g/mol. The number of nitrogens with zero attached hydrogens (tertiary/aromatic N) is 3. The molecule has 1 N–H and O–H groups in total. The summed E-state index contributed by atoms with van der Waals surface area (Å²) >= 11 is 0. The van der Waals surface area contributed by atoms with Gasteiger partial charge in [-0.3, -0.25) is 29.4 Å². The van der Waals surface area contributed by atoms with Gasteiger partial charge in [-0.2, -0.15) is 0 Å². The zero-order chi connectivity index (χ0) is 23.1. The molecule has 2 aromatic carbocycles. The van der Waals surface area contributed by atoms with Crippen LogP contribution in [-0.2, 0) is 26.3 Å². The number of fused-ring (bicyclic) bond motifs is 7. The maximum Gasteiger partial charge on any atom is 0.269 e. The molecule has 3 fully saturated rings. The van der Waals surface area contributed by atoms with E-state index in [9.17, 15) is 24.5 Å². The average molecular weight is 446 g/mol. The van der Waals surface area contributed by atoms with E-state index in [0.717, 1.165) is 41.0 Å². The number of nitrogens with one attached hydrogen (secondary N) is 1. The molecule has 9 nitrogen and oxygen atoms in total. The second-order valence-corrected chi connectivity index (χ2v) is 9.11. The number of hydrogen-bond donors (Lipinski definition) is 1. The Bertz CT molecular complexity index is 1240. The van der Waals surface area contributed by atoms with Crippen LogP contribution < -0.4 is 10.2 Å². The Labute approximate surface area is 189 Å². The Morgan fingerprint density at radius 2 is 1.88 bits per heavy atom. The molecule has 0 unspecified atom stereocenters. The van der Waals surface area contributed by atoms with Gasteiger partial charge in [0.1, 0.15) is 5.54 Å². The number of para-hydroxylation sites is 1. The summed E-state index contributed by atoms with van der Waals surface area (Å²) in [5, 5.41) is 14.1. The SMILES string of the molecule is CCc1cccc2c1NC(=O)[C@]21[C@@H]2C(=O)N(c3ccc([N+](=O)[O-])cc3)C(=O)[C@@H]2[C@H]2CCCN21. The van der Waals surface area contributed by atoms with Crippen molar-refractivity contribution in [2.75, 3.05) is 16.8 Å². The summed E-state index contributed by atoms with van der Waals surface area (Å²) in [6, 6.07) is 11.0. The summed E-state index contributed by atoms with van der Waals surface area (Å²) in [5.74, 6) is -2.46. The van der Waals surface area contributed by atoms with Crippen LogP contribution in [0, 0.1) is 22.0 Å². The van der Waals surface area contributed by atoms with Crippen molar-refractivity contribution in [1.29, 1.82) is 0 Å². The van der Waals surface area contributed by atoms with Crippen LogP contribution in [-0.4, -0.2) is 40.1 Å². The van der Waals surface area contributed by atoms with E-state index in [-0.39, 0.29) is 23.5 Å². The summed E-state index contributed by atoms with van der Waals surface area (Å²) in [6.45, 7) is 2.67. The van der Waals surface area contributed by atoms with Crippen LogP contribution in [0.2, 0.25) is 0 Å². The number of amides is 3. The van der Waals surface area contributed by atoms with Gasteiger partial charge in [-0.05, 0) is 43.5 Å². The molecule has 0 aliphatic carbocycles. The molecule has 1 spiro atoms. The van der Waals surface area contributed by atoms with Crippen LogP contribution in [0.5, 0.6) is 0 Å². The number of rotatable bonds is 3. The van der Waals surface area contributed by atoms with Gasteiger partial charge < -0.3 is 5.32 Å². The van der Waals surface area contributed by atoms with E-state index in [0.29, 0.717) is 12.2 Å². The lowest BCUT2D eigenvalue weighted by Gasteiger charge is -2.36. The molecule has 3 saturated heterocycles. The number of carbonyl (C=O) groups is 3. The Hall–Kier alpha value is -3.59. The van der Waals surface area contributed by atoms with Crippen LogP contribution in [0.4, 0.5) is 17.1 Å². The molecule has 4 atom stereocenters. The Morgan fingerprint density at radius 1 is 1.12 bits per heavy atom. The fraction of sp³-hybridized carbons (Fsp3) is 0.375. The smallest absolute Gasteiger partial charge is 0.269 e. The van der Waals surface area contributed by atoms with Crippen molar-refractivity contribution in [2.24, 2.45) is 11.8 Å². The first-order valence-electron chi connectivity index (χ1n) is 11.2. The normalized spacial score (nSPS) is 30.0. The van der Waals surface area contributed by atoms with Gasteiger partial charge in [0.15, 0.2) is 0 Å². The lowest BCUT2D eigenvalue weighted by Crippen LogP contribution is -2.54. The standard InChI is InChI=1S/C24H22N4O5/c1-2-13-5-3-6-16-20(13)25-23(31)24(16)19-18(17-7-4-12-26(17)24)21(29)27(22(19)30)14-8-10-15(11-9-14)28(32)33/h3,5-6,8-11,17-19H,2,4,7,12H2,1H3,(H,25,31)/t17-,18-,19+,24-/m1/s1. The quantitative estimate of drug-likeness (QED) is 0.441. The van der Waals surface area contributed by atoms with E-state index < -0.39 is 28.2 Å². The maximum absolute atomic E-state index is 13.9. The molecule has 4 heterocycles. The third-order valence-corrected chi connectivity index (χ3v) is 7.81. The van der Waals surface area contributed by atoms with Gasteiger partial charge in [0.25, 0.3) is 5.69 Å². The van der Waals surface area contributed by atoms with Crippen LogP contribution in [0.3, 0.4) is 0 Å². The number of benzene rings is 2. The van der Waals surface area contributed by atoms with Crippen LogP contribution in [0.25, 0.3) is 0 Å². The molecule has 6 rings (SSSR count). The molecule has 4 aliphatic rings. The highest BCUT2D eigenvalue weighted by Gasteiger charge is 2.74. The summed E-state index contributed by atoms with van der Waals surface area (Å²) in [7, 11) is 0. The van der Waals surface area contributed by atoms with Gasteiger partial charge in [-0.25, -0.2) is 4.90 Å². The topological polar surface area (TPSA) is 113 Å². The van der Waals surface area contributed by atoms with Gasteiger partial charge in [-0.15, -0.1) is 0 Å². The molecule has 33 heavy (non-hydrogen) atoms. The lowest BCUT2D eigenvalue weighted by molar-refractivity contribution is -0.384. The molecule has 3 amide bonds. The largest absolute Gasteiger partial charge is 0.324 e. The predicted molar refractivity (Wildman–Crippen MR) is 118 cm³/mol. The molecule has 2 aromatic rings. The lowest BCUT2D eigenvalue weighted by atomic mass is 9.75. The van der Waals surface area contributed by atoms with Crippen molar-refractivity contribution < 1.29 is 19.3 Å². The van der Waals surface area contributed by atoms with Gasteiger partial charge in [-0.1, -0.05) is 25.1 Å². The van der Waals surface area contributed by atoms with Gasteiger partial charge >= 0.3 is 0 Å². The minimum Gasteiger partial charge on any atom is -0.324 e. The van der Waals surface area contributed by atoms with Crippen molar-refractivity contribution in [2.45, 2.75) is 37.8 Å². The minimum absolute atomic E-state index is 0.118. The number of imide groups is 1. The van der Waals surface area contributed by atoms with Crippen molar-refractivity contribution in [1.82, 2.24) is 4.90 Å². The van der Waals surface area contributed by atoms with Crippen LogP contribution in [0.1, 0.15) is 30.9 Å². The first-order chi connectivity index (χ1) is 15.9. The highest BCUT2D eigenvalue weighted by molar-refractivity contribution is 6.26. The molecule has 0 aromatic heterocycles. The minimum atomic E-state index is -1.21. The van der Waals surface area contributed by atoms with Gasteiger partial charge in [0.2, 0.25) is 17.7 Å². The van der Waals surface area contributed by atoms with E-state index in [4.69, 9.17) is 0 Å². The van der Waals surface area contributed by atoms with E-state index >= 15 is 0 Å². The van der Waals surface area contributed by atoms with E-state index in [1.165, 1.54) is 24.3 Å². The van der Waals surface area contributed by atoms with Gasteiger partial charge in [0.05, 0.1) is 22.4 Å². The molecule has 0 saturated carbocycles. The van der Waals surface area contributed by atoms with E-state index in [1.807, 2.05) is 25.1 Å². The summed E-state index contributed by atoms with van der Waals surface area (Å²) < 4.78 is 0. The maximum atomic E-state index is 13.9. The van der Waals surface area contributed by atoms with Crippen LogP contribution in [0.15, 0.2) is 42.5 Å². The number of non-ortho nitro benzene ring substituents is 1. The third-order valence-electron chi connectivity index (χ3n) is 7.81. The molecular formula is C24H22N4O5. The van der Waals surface area contributed by atoms with Crippen molar-refractivity contribution in [3.63, 3.8) is 0 Å². The Balaban J connectivity index is 1.51. The second kappa shape index (κ2) is 6.71. The Kier molecular flexibility index (Phi) is 4.08. The number of nitro groups is 1. The van der Waals surface area contributed by atoms with Crippen molar-refractivity contribution in [3.05, 3.63) is 63.7 Å². The molecule has 0 radical (unpaired) electrons. The van der Waals surface area contributed by atoms with E-state index in [1.54, 1.807) is 0 Å². The highest BCUT2D eigenvalue weighted by atomic mass is 16.6. The highest BCUT2D eigenvalue weighted by Crippen LogP contribution is 2.61. The second-order valence-electron chi connectivity index (χ2n) is 9.11. The van der Waals surface area contributed by atoms with Crippen LogP contribution >= 0.6 is 0 Å². The number of nitro benzene ring substituents is 1. The average Bonchev–Trinajstić information content (AvgIpc) is 3.52. The molecule has 168 valence electrons. The number of hydrogen-bond acceptors (Lipinski definition) is 6. The summed E-state index contributed by atoms with van der Waals surface area (Å²) in [6.07, 6.45) is 2.33. The third kappa shape index (κ3) is 2.32. The predicted octanol–water partition coefficient (Wildman–Crippen LogP) is 2.59. The zero-order valence-corrected chi connectivity index (χ0v) is 18.0. The fourth-order valence-electron chi connectivity index (χ4n) is 6.56. The molecule has 9 heteroatoms. The fourth-order valence-corrected chi connectivity index (χ4v) is 6.56. The number of carbonyl (C=O) groups excluding carboxylic acids is 3. The van der Waals surface area contributed by atoms with Crippen molar-refractivity contribution >= 4 is 34.8 Å². The zero-order valence-electron chi connectivity index (χ0n) is 18.0. The molecule has 0 bridgehead atoms. The number of anilines is 2. The monoisotopic (exact) mass is 446 g/mol. The van der Waals surface area contributed by atoms with E-state index in [2.05, 4.69) is 10.2 Å². The first kappa shape index (κ1) is 20.0. The number of aryl methyl sites for hydroxylation is 1. The first-order valence-corrected chi connectivity index (χ1v) is 11.2. The molecule has 4 aliphatic heterocycles.